The van der Waals surface area contributed by atoms with Crippen LogP contribution in [-0.4, -0.2) is 33.7 Å². The van der Waals surface area contributed by atoms with Crippen molar-refractivity contribution in [2.24, 2.45) is 0 Å². The van der Waals surface area contributed by atoms with Crippen molar-refractivity contribution in [3.63, 3.8) is 0 Å². The summed E-state index contributed by atoms with van der Waals surface area (Å²) in [6.07, 6.45) is 3.15. The van der Waals surface area contributed by atoms with Crippen molar-refractivity contribution in [1.29, 1.82) is 0 Å². The molecule has 6 nitrogen and oxygen atoms in total. The van der Waals surface area contributed by atoms with E-state index in [0.717, 1.165) is 17.5 Å². The van der Waals surface area contributed by atoms with Crippen LogP contribution in [0.2, 0.25) is 0 Å². The second-order valence-electron chi connectivity index (χ2n) is 5.69. The van der Waals surface area contributed by atoms with Crippen LogP contribution in [0.3, 0.4) is 0 Å². The number of thioether (sulfide) groups is 1. The molecule has 140 valence electrons. The van der Waals surface area contributed by atoms with Gasteiger partial charge in [0, 0.05) is 11.8 Å². The number of hydrogen-bond acceptors (Lipinski definition) is 6. The van der Waals surface area contributed by atoms with Gasteiger partial charge in [0.05, 0.1) is 17.8 Å². The van der Waals surface area contributed by atoms with Crippen molar-refractivity contribution in [2.75, 3.05) is 11.9 Å². The van der Waals surface area contributed by atoms with Gasteiger partial charge in [-0.25, -0.2) is 0 Å². The molecule has 8 heteroatoms. The number of nitrogens with zero attached hydrogens (tertiary/aromatic N) is 1. The molecular formula is C19H18N2O4S2. The topological polar surface area (TPSA) is 71.8 Å². The Hall–Kier alpha value is -2.58. The van der Waals surface area contributed by atoms with Gasteiger partial charge in [-0.1, -0.05) is 24.0 Å². The highest BCUT2D eigenvalue weighted by Gasteiger charge is 2.38. The van der Waals surface area contributed by atoms with Crippen LogP contribution in [-0.2, 0) is 9.59 Å². The number of benzene rings is 1. The number of anilines is 1. The largest absolute Gasteiger partial charge is 0.494 e. The molecule has 1 unspecified atom stereocenters. The van der Waals surface area contributed by atoms with E-state index in [1.165, 1.54) is 11.2 Å². The molecule has 0 saturated carbocycles. The van der Waals surface area contributed by atoms with Gasteiger partial charge in [-0.2, -0.15) is 0 Å². The van der Waals surface area contributed by atoms with Gasteiger partial charge in [0.25, 0.3) is 5.91 Å². The molecule has 0 spiro atoms. The number of nitrogens with one attached hydrogen (secondary N) is 1. The molecule has 0 bridgehead atoms. The number of hydrogen-bond donors (Lipinski definition) is 1. The number of furan rings is 1. The number of amides is 2. The minimum Gasteiger partial charge on any atom is -0.494 e. The van der Waals surface area contributed by atoms with E-state index < -0.39 is 6.04 Å². The summed E-state index contributed by atoms with van der Waals surface area (Å²) in [6, 6.07) is 9.78. The molecule has 2 aromatic rings. The molecule has 0 radical (unpaired) electrons. The van der Waals surface area contributed by atoms with Crippen LogP contribution in [0.5, 0.6) is 5.75 Å². The van der Waals surface area contributed by atoms with Gasteiger partial charge in [0.1, 0.15) is 21.9 Å². The van der Waals surface area contributed by atoms with Crippen LogP contribution in [0.15, 0.2) is 52.0 Å². The van der Waals surface area contributed by atoms with Gasteiger partial charge in [0.2, 0.25) is 5.91 Å². The Morgan fingerprint density at radius 1 is 1.37 bits per heavy atom. The van der Waals surface area contributed by atoms with Gasteiger partial charge in [-0.3, -0.25) is 14.5 Å². The third-order valence-corrected chi connectivity index (χ3v) is 5.17. The van der Waals surface area contributed by atoms with E-state index in [4.69, 9.17) is 21.4 Å². The van der Waals surface area contributed by atoms with Gasteiger partial charge in [-0.05, 0) is 50.2 Å². The minimum atomic E-state index is -0.744. The molecule has 1 aliphatic rings. The maximum absolute atomic E-state index is 12.7. The first-order chi connectivity index (χ1) is 13.0. The SMILES string of the molecule is CCOc1ccc(NC(=O)C(C)N2C(=O)/C(=C/c3ccco3)SC2=S)cc1. The van der Waals surface area contributed by atoms with Crippen molar-refractivity contribution in [1.82, 2.24) is 4.90 Å². The number of rotatable bonds is 6. The Balaban J connectivity index is 1.69. The summed E-state index contributed by atoms with van der Waals surface area (Å²) in [5.41, 5.74) is 0.617. The number of carbonyl (C=O) groups excluding carboxylic acids is 2. The highest BCUT2D eigenvalue weighted by Crippen LogP contribution is 2.34. The average Bonchev–Trinajstić information content (AvgIpc) is 3.25. The standard InChI is InChI=1S/C19H18N2O4S2/c1-3-24-14-8-6-13(7-9-14)20-17(22)12(2)21-18(23)16(27-19(21)26)11-15-5-4-10-25-15/h4-12H,3H2,1-2H3,(H,20,22)/b16-11-. The summed E-state index contributed by atoms with van der Waals surface area (Å²) >= 11 is 6.45. The fraction of sp³-hybridized carbons (Fsp3) is 0.211. The third kappa shape index (κ3) is 4.40. The fourth-order valence-corrected chi connectivity index (χ4v) is 3.88. The Kier molecular flexibility index (Phi) is 5.98. The summed E-state index contributed by atoms with van der Waals surface area (Å²) in [4.78, 5) is 27.0. The van der Waals surface area contributed by atoms with E-state index >= 15 is 0 Å². The lowest BCUT2D eigenvalue weighted by molar-refractivity contribution is -0.129. The van der Waals surface area contributed by atoms with Gasteiger partial charge in [-0.15, -0.1) is 0 Å². The lowest BCUT2D eigenvalue weighted by Gasteiger charge is -2.22. The van der Waals surface area contributed by atoms with Crippen LogP contribution in [0.25, 0.3) is 6.08 Å². The molecule has 2 amide bonds. The first-order valence-electron chi connectivity index (χ1n) is 8.34. The Morgan fingerprint density at radius 3 is 2.74 bits per heavy atom. The average molecular weight is 402 g/mol. The van der Waals surface area contributed by atoms with Crippen molar-refractivity contribution in [3.05, 3.63) is 53.3 Å². The van der Waals surface area contributed by atoms with E-state index in [1.54, 1.807) is 49.4 Å². The molecule has 1 atom stereocenters. The molecule has 1 N–H and O–H groups in total. The molecule has 1 saturated heterocycles. The molecule has 0 aliphatic carbocycles. The molecular weight excluding hydrogens is 384 g/mol. The second-order valence-corrected chi connectivity index (χ2v) is 7.37. The summed E-state index contributed by atoms with van der Waals surface area (Å²) < 4.78 is 11.0. The molecule has 1 aromatic carbocycles. The third-order valence-electron chi connectivity index (χ3n) is 3.84. The molecule has 1 fully saturated rings. The summed E-state index contributed by atoms with van der Waals surface area (Å²) in [6.45, 7) is 4.12. The monoisotopic (exact) mass is 402 g/mol. The highest BCUT2D eigenvalue weighted by atomic mass is 32.2. The first-order valence-corrected chi connectivity index (χ1v) is 9.56. The zero-order valence-corrected chi connectivity index (χ0v) is 16.4. The van der Waals surface area contributed by atoms with Crippen molar-refractivity contribution < 1.29 is 18.7 Å². The van der Waals surface area contributed by atoms with Crippen LogP contribution in [0.4, 0.5) is 5.69 Å². The zero-order chi connectivity index (χ0) is 19.4. The lowest BCUT2D eigenvalue weighted by atomic mass is 10.2. The van der Waals surface area contributed by atoms with E-state index in [9.17, 15) is 9.59 Å². The normalized spacial score (nSPS) is 16.7. The smallest absolute Gasteiger partial charge is 0.267 e. The van der Waals surface area contributed by atoms with Crippen molar-refractivity contribution in [3.8, 4) is 5.75 Å². The van der Waals surface area contributed by atoms with Crippen molar-refractivity contribution in [2.45, 2.75) is 19.9 Å². The fourth-order valence-electron chi connectivity index (χ4n) is 2.48. The summed E-state index contributed by atoms with van der Waals surface area (Å²) in [5.74, 6) is 0.649. The van der Waals surface area contributed by atoms with Crippen LogP contribution < -0.4 is 10.1 Å². The van der Waals surface area contributed by atoms with Gasteiger partial charge in [0.15, 0.2) is 0 Å². The van der Waals surface area contributed by atoms with E-state index in [-0.39, 0.29) is 11.8 Å². The predicted molar refractivity (Wildman–Crippen MR) is 109 cm³/mol. The minimum absolute atomic E-state index is 0.309. The van der Waals surface area contributed by atoms with Gasteiger partial charge >= 0.3 is 0 Å². The molecule has 2 heterocycles. The first kappa shape index (κ1) is 19.2. The Morgan fingerprint density at radius 2 is 2.11 bits per heavy atom. The van der Waals surface area contributed by atoms with E-state index in [2.05, 4.69) is 5.32 Å². The van der Waals surface area contributed by atoms with Gasteiger partial charge < -0.3 is 14.5 Å². The van der Waals surface area contributed by atoms with E-state index in [1.807, 2.05) is 6.92 Å². The quantitative estimate of drug-likeness (QED) is 0.584. The number of carbonyl (C=O) groups is 2. The second kappa shape index (κ2) is 8.41. The van der Waals surface area contributed by atoms with Crippen LogP contribution in [0.1, 0.15) is 19.6 Å². The van der Waals surface area contributed by atoms with E-state index in [0.29, 0.717) is 27.3 Å². The molecule has 3 rings (SSSR count). The van der Waals surface area contributed by atoms with Crippen LogP contribution in [0, 0.1) is 0 Å². The van der Waals surface area contributed by atoms with Crippen molar-refractivity contribution >= 4 is 51.9 Å². The zero-order valence-electron chi connectivity index (χ0n) is 14.8. The summed E-state index contributed by atoms with van der Waals surface area (Å²) in [5, 5.41) is 2.79. The highest BCUT2D eigenvalue weighted by molar-refractivity contribution is 8.26. The van der Waals surface area contributed by atoms with Crippen LogP contribution >= 0.6 is 24.0 Å². The molecule has 27 heavy (non-hydrogen) atoms. The Bertz CT molecular complexity index is 876. The molecule has 1 aliphatic heterocycles. The Labute approximate surface area is 166 Å². The molecule has 1 aromatic heterocycles. The predicted octanol–water partition coefficient (Wildman–Crippen LogP) is 3.91. The summed E-state index contributed by atoms with van der Waals surface area (Å²) in [7, 11) is 0. The number of ether oxygens (including phenoxy) is 1. The maximum atomic E-state index is 12.7. The maximum Gasteiger partial charge on any atom is 0.267 e. The number of thiocarbonyl (C=S) groups is 1. The lowest BCUT2D eigenvalue weighted by Crippen LogP contribution is -2.44.